The minimum Gasteiger partial charge on any atom is -0.197 e. The van der Waals surface area contributed by atoms with Crippen molar-refractivity contribution in [2.75, 3.05) is 0 Å². The molecule has 0 aromatic heterocycles. The van der Waals surface area contributed by atoms with E-state index in [2.05, 4.69) is 12.1 Å². The highest BCUT2D eigenvalue weighted by Crippen LogP contribution is 2.44. The van der Waals surface area contributed by atoms with E-state index in [0.717, 1.165) is 24.8 Å². The lowest BCUT2D eigenvalue weighted by atomic mass is 9.64. The van der Waals surface area contributed by atoms with Crippen LogP contribution in [0, 0.1) is 22.7 Å². The van der Waals surface area contributed by atoms with Crippen molar-refractivity contribution in [1.29, 1.82) is 10.5 Å². The lowest BCUT2D eigenvalue weighted by Crippen LogP contribution is -2.33. The highest BCUT2D eigenvalue weighted by Gasteiger charge is 2.40. The van der Waals surface area contributed by atoms with Gasteiger partial charge in [0.2, 0.25) is 0 Å². The normalized spacial score (nSPS) is 17.6. The predicted molar refractivity (Wildman–Crippen MR) is 52.3 cm³/mol. The van der Waals surface area contributed by atoms with Gasteiger partial charge in [0.05, 0.1) is 23.1 Å². The SMILES string of the molecule is N#Cc1ccccc1C1(C#N)CCC1. The van der Waals surface area contributed by atoms with Gasteiger partial charge in [-0.05, 0) is 30.9 Å². The van der Waals surface area contributed by atoms with Crippen molar-refractivity contribution in [2.45, 2.75) is 24.7 Å². The maximum atomic E-state index is 9.15. The van der Waals surface area contributed by atoms with Gasteiger partial charge in [0, 0.05) is 0 Å². The minimum atomic E-state index is -0.369. The molecule has 0 N–H and O–H groups in total. The second kappa shape index (κ2) is 3.16. The number of hydrogen-bond acceptors (Lipinski definition) is 2. The number of benzene rings is 1. The van der Waals surface area contributed by atoms with Crippen LogP contribution in [0.5, 0.6) is 0 Å². The van der Waals surface area contributed by atoms with Crippen molar-refractivity contribution in [3.63, 3.8) is 0 Å². The van der Waals surface area contributed by atoms with E-state index in [4.69, 9.17) is 10.5 Å². The number of hydrogen-bond donors (Lipinski definition) is 0. The molecular weight excluding hydrogens is 172 g/mol. The molecule has 2 nitrogen and oxygen atoms in total. The summed E-state index contributed by atoms with van der Waals surface area (Å²) in [6.45, 7) is 0. The van der Waals surface area contributed by atoms with Gasteiger partial charge >= 0.3 is 0 Å². The van der Waals surface area contributed by atoms with Crippen LogP contribution in [0.3, 0.4) is 0 Å². The quantitative estimate of drug-likeness (QED) is 0.669. The smallest absolute Gasteiger partial charge is 0.0995 e. The van der Waals surface area contributed by atoms with Crippen LogP contribution in [-0.2, 0) is 5.41 Å². The van der Waals surface area contributed by atoms with Gasteiger partial charge in [0.1, 0.15) is 0 Å². The van der Waals surface area contributed by atoms with E-state index in [1.54, 1.807) is 6.07 Å². The molecule has 2 heteroatoms. The summed E-state index contributed by atoms with van der Waals surface area (Å²) in [5.41, 5.74) is 1.19. The zero-order chi connectivity index (χ0) is 10.0. The van der Waals surface area contributed by atoms with E-state index in [1.807, 2.05) is 18.2 Å². The van der Waals surface area contributed by atoms with Gasteiger partial charge < -0.3 is 0 Å². The first kappa shape index (κ1) is 8.78. The molecule has 0 heterocycles. The van der Waals surface area contributed by atoms with E-state index < -0.39 is 0 Å². The molecule has 0 spiro atoms. The molecule has 1 aliphatic carbocycles. The van der Waals surface area contributed by atoms with Crippen molar-refractivity contribution < 1.29 is 0 Å². The Labute approximate surface area is 83.4 Å². The average Bonchev–Trinajstić information content (AvgIpc) is 2.18. The van der Waals surface area contributed by atoms with Crippen LogP contribution in [0.1, 0.15) is 30.4 Å². The Kier molecular flexibility index (Phi) is 1.98. The molecule has 0 atom stereocenters. The molecule has 0 radical (unpaired) electrons. The van der Waals surface area contributed by atoms with Crippen molar-refractivity contribution in [3.05, 3.63) is 35.4 Å². The third-order valence-electron chi connectivity index (χ3n) is 2.98. The van der Waals surface area contributed by atoms with Crippen LogP contribution < -0.4 is 0 Å². The molecule has 0 saturated heterocycles. The first-order chi connectivity index (χ1) is 6.82. The summed E-state index contributed by atoms with van der Waals surface area (Å²) in [5, 5.41) is 18.1. The summed E-state index contributed by atoms with van der Waals surface area (Å²) in [5.74, 6) is 0. The first-order valence-electron chi connectivity index (χ1n) is 4.73. The Morgan fingerprint density at radius 2 is 1.86 bits per heavy atom. The molecule has 1 aromatic rings. The molecule has 1 aromatic carbocycles. The number of rotatable bonds is 1. The summed E-state index contributed by atoms with van der Waals surface area (Å²) in [6.07, 6.45) is 2.87. The fourth-order valence-electron chi connectivity index (χ4n) is 1.97. The van der Waals surface area contributed by atoms with Gasteiger partial charge in [-0.3, -0.25) is 0 Å². The van der Waals surface area contributed by atoms with E-state index >= 15 is 0 Å². The van der Waals surface area contributed by atoms with Crippen molar-refractivity contribution in [2.24, 2.45) is 0 Å². The molecule has 1 saturated carbocycles. The van der Waals surface area contributed by atoms with Crippen LogP contribution in [0.25, 0.3) is 0 Å². The van der Waals surface area contributed by atoms with Gasteiger partial charge in [-0.25, -0.2) is 0 Å². The van der Waals surface area contributed by atoms with Gasteiger partial charge in [-0.15, -0.1) is 0 Å². The zero-order valence-corrected chi connectivity index (χ0v) is 7.83. The lowest BCUT2D eigenvalue weighted by molar-refractivity contribution is 0.323. The molecule has 0 unspecified atom stereocenters. The van der Waals surface area contributed by atoms with E-state index in [9.17, 15) is 0 Å². The summed E-state index contributed by atoms with van der Waals surface area (Å²) in [7, 11) is 0. The Hall–Kier alpha value is -1.80. The van der Waals surface area contributed by atoms with Crippen molar-refractivity contribution >= 4 is 0 Å². The number of nitriles is 2. The van der Waals surface area contributed by atoms with Gasteiger partial charge in [-0.2, -0.15) is 10.5 Å². The first-order valence-corrected chi connectivity index (χ1v) is 4.73. The minimum absolute atomic E-state index is 0.369. The Morgan fingerprint density at radius 1 is 1.14 bits per heavy atom. The van der Waals surface area contributed by atoms with E-state index in [1.165, 1.54) is 0 Å². The van der Waals surface area contributed by atoms with Crippen molar-refractivity contribution in [1.82, 2.24) is 0 Å². The molecule has 1 fully saturated rings. The maximum Gasteiger partial charge on any atom is 0.0995 e. The predicted octanol–water partition coefficient (Wildman–Crippen LogP) is 2.50. The highest BCUT2D eigenvalue weighted by molar-refractivity contribution is 5.47. The fourth-order valence-corrected chi connectivity index (χ4v) is 1.97. The molecule has 14 heavy (non-hydrogen) atoms. The molecule has 0 aliphatic heterocycles. The molecule has 1 aliphatic rings. The summed E-state index contributed by atoms with van der Waals surface area (Å²) >= 11 is 0. The summed E-state index contributed by atoms with van der Waals surface area (Å²) in [4.78, 5) is 0. The van der Waals surface area contributed by atoms with Crippen LogP contribution in [0.15, 0.2) is 24.3 Å². The monoisotopic (exact) mass is 182 g/mol. The van der Waals surface area contributed by atoms with E-state index in [-0.39, 0.29) is 5.41 Å². The topological polar surface area (TPSA) is 47.6 Å². The lowest BCUT2D eigenvalue weighted by Gasteiger charge is -2.36. The van der Waals surface area contributed by atoms with Crippen molar-refractivity contribution in [3.8, 4) is 12.1 Å². The third-order valence-corrected chi connectivity index (χ3v) is 2.98. The fraction of sp³-hybridized carbons (Fsp3) is 0.333. The van der Waals surface area contributed by atoms with Crippen LogP contribution in [0.4, 0.5) is 0 Å². The average molecular weight is 182 g/mol. The highest BCUT2D eigenvalue weighted by atomic mass is 14.5. The standard InChI is InChI=1S/C12H10N2/c13-8-10-4-1-2-5-11(10)12(9-14)6-3-7-12/h1-2,4-5H,3,6-7H2. The van der Waals surface area contributed by atoms with Crippen LogP contribution in [0.2, 0.25) is 0 Å². The van der Waals surface area contributed by atoms with Gasteiger partial charge in [0.25, 0.3) is 0 Å². The van der Waals surface area contributed by atoms with E-state index in [0.29, 0.717) is 5.56 Å². The molecule has 0 amide bonds. The molecule has 68 valence electrons. The Morgan fingerprint density at radius 3 is 2.36 bits per heavy atom. The largest absolute Gasteiger partial charge is 0.197 e. The number of nitrogens with zero attached hydrogens (tertiary/aromatic N) is 2. The second-order valence-corrected chi connectivity index (χ2v) is 3.70. The molecule has 0 bridgehead atoms. The van der Waals surface area contributed by atoms with Crippen LogP contribution in [-0.4, -0.2) is 0 Å². The van der Waals surface area contributed by atoms with Gasteiger partial charge in [0.15, 0.2) is 0 Å². The Bertz CT molecular complexity index is 430. The maximum absolute atomic E-state index is 9.15. The Balaban J connectivity index is 2.52. The van der Waals surface area contributed by atoms with Gasteiger partial charge in [-0.1, -0.05) is 18.2 Å². The van der Waals surface area contributed by atoms with Crippen LogP contribution >= 0.6 is 0 Å². The molecule has 2 rings (SSSR count). The second-order valence-electron chi connectivity index (χ2n) is 3.70. The molecular formula is C12H10N2. The summed E-state index contributed by atoms with van der Waals surface area (Å²) in [6, 6.07) is 11.9. The summed E-state index contributed by atoms with van der Waals surface area (Å²) < 4.78 is 0. The zero-order valence-electron chi connectivity index (χ0n) is 7.83. The third kappa shape index (κ3) is 1.09.